The maximum absolute atomic E-state index is 4.51. The maximum atomic E-state index is 4.51. The van der Waals surface area contributed by atoms with Crippen molar-refractivity contribution < 1.29 is 0 Å². The van der Waals surface area contributed by atoms with E-state index in [1.54, 1.807) is 0 Å². The van der Waals surface area contributed by atoms with E-state index >= 15 is 0 Å². The minimum absolute atomic E-state index is 0.511. The number of unbranched alkanes of at least 4 members (excludes halogenated alkanes) is 15. The molecule has 0 aromatic heterocycles. The van der Waals surface area contributed by atoms with E-state index in [0.29, 0.717) is 5.92 Å². The molecule has 0 saturated carbocycles. The monoisotopic (exact) mass is 437 g/mol. The van der Waals surface area contributed by atoms with Crippen molar-refractivity contribution in [2.75, 3.05) is 0 Å². The Hall–Kier alpha value is -1.57. The Morgan fingerprint density at radius 3 is 1.56 bits per heavy atom. The first-order valence-electron chi connectivity index (χ1n) is 13.9. The van der Waals surface area contributed by atoms with Crippen LogP contribution in [0.5, 0.6) is 0 Å². The minimum atomic E-state index is 0.511. The van der Waals surface area contributed by atoms with Crippen molar-refractivity contribution in [3.05, 3.63) is 42.1 Å². The first-order chi connectivity index (χ1) is 15.9. The average Bonchev–Trinajstić information content (AvgIpc) is 3.36. The molecule has 1 aliphatic rings. The van der Waals surface area contributed by atoms with Crippen LogP contribution in [-0.4, -0.2) is 12.4 Å². The highest BCUT2D eigenvalue weighted by atomic mass is 15.0. The van der Waals surface area contributed by atoms with Gasteiger partial charge in [0.1, 0.15) is 0 Å². The Morgan fingerprint density at radius 1 is 0.594 bits per heavy atom. The molecule has 0 aliphatic carbocycles. The van der Waals surface area contributed by atoms with Crippen LogP contribution >= 0.6 is 0 Å². The van der Waals surface area contributed by atoms with Crippen LogP contribution in [0.25, 0.3) is 0 Å². The number of aliphatic imine (C=N–C) groups is 2. The maximum Gasteiger partial charge on any atom is 0.243 e. The predicted octanol–water partition coefficient (Wildman–Crippen LogP) is 9.53. The molecule has 0 radical (unpaired) electrons. The second-order valence-electron chi connectivity index (χ2n) is 9.73. The van der Waals surface area contributed by atoms with Gasteiger partial charge >= 0.3 is 0 Å². The van der Waals surface area contributed by atoms with E-state index in [-0.39, 0.29) is 0 Å². The molecule has 1 heterocycles. The zero-order chi connectivity index (χ0) is 22.5. The second-order valence-corrected chi connectivity index (χ2v) is 9.73. The molecule has 0 spiro atoms. The van der Waals surface area contributed by atoms with Gasteiger partial charge in [0.15, 0.2) is 12.4 Å². The number of nitrogens with zero attached hydrogens (tertiary/aromatic N) is 2. The summed E-state index contributed by atoms with van der Waals surface area (Å²) in [7, 11) is 0. The summed E-state index contributed by atoms with van der Waals surface area (Å²) < 4.78 is 0. The smallest absolute Gasteiger partial charge is 0.0965 e. The minimum Gasteiger partial charge on any atom is -0.0965 e. The number of benzene rings is 1. The van der Waals surface area contributed by atoms with Crippen LogP contribution in [0.1, 0.15) is 128 Å². The quantitative estimate of drug-likeness (QED) is 0.135. The molecule has 32 heavy (non-hydrogen) atoms. The van der Waals surface area contributed by atoms with E-state index in [2.05, 4.69) is 47.2 Å². The van der Waals surface area contributed by atoms with E-state index in [9.17, 15) is 0 Å². The largest absolute Gasteiger partial charge is 0.243 e. The van der Waals surface area contributed by atoms with Crippen LogP contribution in [0.3, 0.4) is 0 Å². The van der Waals surface area contributed by atoms with Crippen LogP contribution < -0.4 is 0 Å². The molecule has 178 valence electrons. The number of aryl methyl sites for hydroxylation is 1. The molecule has 0 N–H and O–H groups in total. The SMILES string of the molecule is CCCCCCCCCCCCCCCCCCC(CCc1ccccc1)[C+]1N=CC=N1. The standard InChI is InChI=1S/C30H49N2/c1-2-3-4-5-6-7-8-9-10-11-12-13-14-15-16-20-23-29(30-31-26-27-32-30)25-24-28-21-18-17-19-22-28/h17-19,21-22,26-27,29H,2-16,20,23-25H2,1H3/q+1. The Balaban J connectivity index is 1.41. The summed E-state index contributed by atoms with van der Waals surface area (Å²) in [4.78, 5) is 9.02. The third-order valence-electron chi connectivity index (χ3n) is 6.88. The fraction of sp³-hybridized carbons (Fsp3) is 0.700. The van der Waals surface area contributed by atoms with Crippen molar-refractivity contribution in [1.29, 1.82) is 0 Å². The highest BCUT2D eigenvalue weighted by Gasteiger charge is 2.28. The molecule has 1 aromatic carbocycles. The molecule has 0 bridgehead atoms. The number of hydrogen-bond donors (Lipinski definition) is 0. The normalized spacial score (nSPS) is 13.8. The first kappa shape index (κ1) is 26.7. The van der Waals surface area contributed by atoms with Crippen LogP contribution in [0.15, 0.2) is 40.3 Å². The Morgan fingerprint density at radius 2 is 1.06 bits per heavy atom. The van der Waals surface area contributed by atoms with E-state index in [1.165, 1.54) is 115 Å². The lowest BCUT2D eigenvalue weighted by Crippen LogP contribution is -2.09. The molecular weight excluding hydrogens is 388 g/mol. The molecule has 0 amide bonds. The van der Waals surface area contributed by atoms with Crippen molar-refractivity contribution in [2.24, 2.45) is 15.9 Å². The van der Waals surface area contributed by atoms with Crippen molar-refractivity contribution in [1.82, 2.24) is 0 Å². The molecule has 2 rings (SSSR count). The van der Waals surface area contributed by atoms with Crippen LogP contribution in [0.4, 0.5) is 0 Å². The van der Waals surface area contributed by atoms with E-state index < -0.39 is 0 Å². The summed E-state index contributed by atoms with van der Waals surface area (Å²) in [6.45, 7) is 2.30. The third-order valence-corrected chi connectivity index (χ3v) is 6.88. The third kappa shape index (κ3) is 13.1. The average molecular weight is 438 g/mol. The van der Waals surface area contributed by atoms with Gasteiger partial charge in [0, 0.05) is 0 Å². The van der Waals surface area contributed by atoms with Crippen LogP contribution in [0, 0.1) is 12.1 Å². The highest BCUT2D eigenvalue weighted by molar-refractivity contribution is 6.18. The van der Waals surface area contributed by atoms with Gasteiger partial charge in [0.25, 0.3) is 0 Å². The molecule has 1 unspecified atom stereocenters. The van der Waals surface area contributed by atoms with E-state index in [0.717, 1.165) is 19.0 Å². The lowest BCUT2D eigenvalue weighted by atomic mass is 9.91. The summed E-state index contributed by atoms with van der Waals surface area (Å²) in [6, 6.07) is 10.8. The Kier molecular flexibility index (Phi) is 15.8. The lowest BCUT2D eigenvalue weighted by molar-refractivity contribution is 0.430. The van der Waals surface area contributed by atoms with Gasteiger partial charge in [-0.1, -0.05) is 150 Å². The summed E-state index contributed by atoms with van der Waals surface area (Å²) in [6.07, 6.45) is 31.1. The molecule has 2 nitrogen and oxygen atoms in total. The fourth-order valence-electron chi connectivity index (χ4n) is 4.79. The Bertz CT molecular complexity index is 580. The van der Waals surface area contributed by atoms with Crippen LogP contribution in [-0.2, 0) is 6.42 Å². The van der Waals surface area contributed by atoms with E-state index in [1.807, 2.05) is 12.4 Å². The van der Waals surface area contributed by atoms with Gasteiger partial charge in [0.2, 0.25) is 6.17 Å². The van der Waals surface area contributed by atoms with Gasteiger partial charge in [-0.3, -0.25) is 0 Å². The first-order valence-corrected chi connectivity index (χ1v) is 13.9. The molecular formula is C30H49N2+. The molecule has 0 saturated heterocycles. The molecule has 1 aliphatic heterocycles. The summed E-state index contributed by atoms with van der Waals surface area (Å²) >= 11 is 0. The van der Waals surface area contributed by atoms with E-state index in [4.69, 9.17) is 0 Å². The van der Waals surface area contributed by atoms with Crippen molar-refractivity contribution in [3.8, 4) is 0 Å². The predicted molar refractivity (Wildman–Crippen MR) is 143 cm³/mol. The fourth-order valence-corrected chi connectivity index (χ4v) is 4.79. The Labute approximate surface area is 199 Å². The molecule has 1 aromatic rings. The van der Waals surface area contributed by atoms with Crippen molar-refractivity contribution in [3.63, 3.8) is 0 Å². The summed E-state index contributed by atoms with van der Waals surface area (Å²) in [5.41, 5.74) is 1.43. The molecule has 1 atom stereocenters. The van der Waals surface area contributed by atoms with Crippen molar-refractivity contribution >= 4 is 12.4 Å². The van der Waals surface area contributed by atoms with Gasteiger partial charge in [0.05, 0.1) is 5.92 Å². The molecule has 0 fully saturated rings. The lowest BCUT2D eigenvalue weighted by Gasteiger charge is -2.14. The topological polar surface area (TPSA) is 24.7 Å². The van der Waals surface area contributed by atoms with Gasteiger partial charge in [-0.2, -0.15) is 0 Å². The van der Waals surface area contributed by atoms with Crippen molar-refractivity contribution in [2.45, 2.75) is 129 Å². The number of rotatable bonds is 21. The van der Waals surface area contributed by atoms with Gasteiger partial charge in [-0.15, -0.1) is 0 Å². The second kappa shape index (κ2) is 18.9. The number of hydrogen-bond acceptors (Lipinski definition) is 2. The van der Waals surface area contributed by atoms with Crippen LogP contribution in [0.2, 0.25) is 0 Å². The zero-order valence-electron chi connectivity index (χ0n) is 20.9. The van der Waals surface area contributed by atoms with Gasteiger partial charge < -0.3 is 0 Å². The zero-order valence-corrected chi connectivity index (χ0v) is 20.9. The van der Waals surface area contributed by atoms with Gasteiger partial charge in [-0.05, 0) is 24.8 Å². The summed E-state index contributed by atoms with van der Waals surface area (Å²) in [5.74, 6) is 0.511. The summed E-state index contributed by atoms with van der Waals surface area (Å²) in [5, 5.41) is 0. The molecule has 2 heteroatoms. The highest BCUT2D eigenvalue weighted by Crippen LogP contribution is 2.29. The van der Waals surface area contributed by atoms with Gasteiger partial charge in [-0.25, -0.2) is 0 Å².